The van der Waals surface area contributed by atoms with Gasteiger partial charge in [0, 0.05) is 5.92 Å². The average Bonchev–Trinajstić information content (AvgIpc) is 3.39. The third-order valence-electron chi connectivity index (χ3n) is 3.70. The van der Waals surface area contributed by atoms with Gasteiger partial charge in [-0.1, -0.05) is 42.3 Å². The summed E-state index contributed by atoms with van der Waals surface area (Å²) in [5, 5.41) is 10.5. The summed E-state index contributed by atoms with van der Waals surface area (Å²) in [6.07, 6.45) is 2.10. The lowest BCUT2D eigenvalue weighted by Gasteiger charge is -2.15. The van der Waals surface area contributed by atoms with Crippen molar-refractivity contribution < 1.29 is 14.2 Å². The molecule has 1 atom stereocenters. The molecule has 0 spiro atoms. The lowest BCUT2D eigenvalue weighted by Crippen LogP contribution is -2.08. The Kier molecular flexibility index (Phi) is 4.57. The highest BCUT2D eigenvalue weighted by Crippen LogP contribution is 2.48. The topological polar surface area (TPSA) is 46.5 Å². The number of hydrogen-bond donors (Lipinski definition) is 1. The molecule has 0 heterocycles. The van der Waals surface area contributed by atoms with Crippen LogP contribution in [0.2, 0.25) is 0 Å². The van der Waals surface area contributed by atoms with Gasteiger partial charge in [0.25, 0.3) is 0 Å². The summed E-state index contributed by atoms with van der Waals surface area (Å²) in [6.45, 7) is 2.06. The van der Waals surface area contributed by atoms with Gasteiger partial charge >= 0.3 is 7.37 Å². The first kappa shape index (κ1) is 15.9. The average molecular weight is 326 g/mol. The van der Waals surface area contributed by atoms with Gasteiger partial charge in [0.1, 0.15) is 5.75 Å². The lowest BCUT2D eigenvalue weighted by molar-refractivity contribution is 0.347. The van der Waals surface area contributed by atoms with Crippen molar-refractivity contribution in [3.8, 4) is 28.5 Å². The number of phenols is 1. The third-order valence-corrected chi connectivity index (χ3v) is 5.74. The van der Waals surface area contributed by atoms with Crippen LogP contribution in [-0.4, -0.2) is 11.7 Å². The monoisotopic (exact) mass is 326 g/mol. The van der Waals surface area contributed by atoms with Crippen LogP contribution in [-0.2, 0) is 9.09 Å². The number of benzene rings is 2. The quantitative estimate of drug-likeness (QED) is 0.670. The molecule has 1 aliphatic carbocycles. The SMILES string of the molecule is CCOP(=O)(C#CC1CC1)c1cc(-c2ccccc2)ccc1O. The zero-order chi connectivity index (χ0) is 16.3. The van der Waals surface area contributed by atoms with Gasteiger partial charge in [0.05, 0.1) is 11.9 Å². The second-order valence-electron chi connectivity index (χ2n) is 5.57. The Bertz CT molecular complexity index is 798. The molecule has 1 saturated carbocycles. The van der Waals surface area contributed by atoms with Gasteiger partial charge < -0.3 is 9.63 Å². The summed E-state index contributed by atoms with van der Waals surface area (Å²) >= 11 is 0. The van der Waals surface area contributed by atoms with Crippen molar-refractivity contribution in [1.29, 1.82) is 0 Å². The minimum absolute atomic E-state index is 0.0356. The Labute approximate surface area is 136 Å². The lowest BCUT2D eigenvalue weighted by atomic mass is 10.1. The Morgan fingerprint density at radius 3 is 2.57 bits per heavy atom. The van der Waals surface area contributed by atoms with Gasteiger partial charge in [0.15, 0.2) is 0 Å². The maximum Gasteiger partial charge on any atom is 0.306 e. The van der Waals surface area contributed by atoms with E-state index in [1.807, 2.05) is 30.3 Å². The number of aromatic hydroxyl groups is 1. The van der Waals surface area contributed by atoms with Crippen LogP contribution in [0.5, 0.6) is 5.75 Å². The molecule has 4 heteroatoms. The van der Waals surface area contributed by atoms with Crippen molar-refractivity contribution in [1.82, 2.24) is 0 Å². The van der Waals surface area contributed by atoms with Crippen molar-refractivity contribution in [2.24, 2.45) is 5.92 Å². The zero-order valence-electron chi connectivity index (χ0n) is 13.0. The molecule has 2 aromatic rings. The van der Waals surface area contributed by atoms with Crippen molar-refractivity contribution in [2.75, 3.05) is 6.61 Å². The van der Waals surface area contributed by atoms with Crippen LogP contribution in [0.1, 0.15) is 19.8 Å². The van der Waals surface area contributed by atoms with Crippen molar-refractivity contribution >= 4 is 12.7 Å². The van der Waals surface area contributed by atoms with Gasteiger partial charge in [-0.3, -0.25) is 4.57 Å². The van der Waals surface area contributed by atoms with Crippen molar-refractivity contribution in [3.63, 3.8) is 0 Å². The Morgan fingerprint density at radius 1 is 1.17 bits per heavy atom. The van der Waals surface area contributed by atoms with Gasteiger partial charge in [-0.25, -0.2) is 0 Å². The summed E-state index contributed by atoms with van der Waals surface area (Å²) in [7, 11) is -3.38. The first-order valence-electron chi connectivity index (χ1n) is 7.79. The van der Waals surface area contributed by atoms with E-state index in [1.54, 1.807) is 25.1 Å². The predicted octanol–water partition coefficient (Wildman–Crippen LogP) is 4.37. The van der Waals surface area contributed by atoms with Crippen LogP contribution in [0.25, 0.3) is 11.1 Å². The molecule has 1 aliphatic rings. The van der Waals surface area contributed by atoms with E-state index >= 15 is 0 Å². The second kappa shape index (κ2) is 6.62. The molecule has 0 amide bonds. The van der Waals surface area contributed by atoms with Crippen LogP contribution in [0, 0.1) is 17.5 Å². The van der Waals surface area contributed by atoms with Crippen LogP contribution in [0.3, 0.4) is 0 Å². The van der Waals surface area contributed by atoms with Crippen LogP contribution >= 0.6 is 7.37 Å². The molecular formula is C19H19O3P. The van der Waals surface area contributed by atoms with E-state index in [1.165, 1.54) is 0 Å². The highest BCUT2D eigenvalue weighted by molar-refractivity contribution is 7.72. The van der Waals surface area contributed by atoms with E-state index in [0.29, 0.717) is 5.92 Å². The Balaban J connectivity index is 2.06. The molecule has 0 bridgehead atoms. The normalized spacial score (nSPS) is 16.2. The molecule has 23 heavy (non-hydrogen) atoms. The fourth-order valence-electron chi connectivity index (χ4n) is 2.32. The van der Waals surface area contributed by atoms with Crippen molar-refractivity contribution in [3.05, 3.63) is 48.5 Å². The molecule has 0 saturated heterocycles. The number of phenolic OH excluding ortho intramolecular Hbond substituents is 1. The molecule has 0 aliphatic heterocycles. The predicted molar refractivity (Wildman–Crippen MR) is 92.9 cm³/mol. The Hall–Kier alpha value is -2.01. The maximum absolute atomic E-state index is 13.2. The second-order valence-corrected chi connectivity index (χ2v) is 7.64. The van der Waals surface area contributed by atoms with Gasteiger partial charge in [-0.05, 0) is 48.7 Å². The molecule has 3 nitrogen and oxygen atoms in total. The minimum Gasteiger partial charge on any atom is -0.507 e. The highest BCUT2D eigenvalue weighted by atomic mass is 31.2. The first-order chi connectivity index (χ1) is 11.1. The fraction of sp³-hybridized carbons (Fsp3) is 0.263. The first-order valence-corrected chi connectivity index (χ1v) is 9.41. The van der Waals surface area contributed by atoms with Gasteiger partial charge in [-0.15, -0.1) is 0 Å². The Morgan fingerprint density at radius 2 is 1.91 bits per heavy atom. The molecule has 0 aromatic heterocycles. The standard InChI is InChI=1S/C19H19O3P/c1-2-22-23(21,13-12-15-8-9-15)19-14-17(10-11-18(19)20)16-6-4-3-5-7-16/h3-7,10-11,14-15,20H,2,8-9H2,1H3. The maximum atomic E-state index is 13.2. The largest absolute Gasteiger partial charge is 0.507 e. The molecule has 1 fully saturated rings. The van der Waals surface area contributed by atoms with E-state index in [4.69, 9.17) is 4.52 Å². The molecular weight excluding hydrogens is 307 g/mol. The van der Waals surface area contributed by atoms with Crippen LogP contribution in [0.15, 0.2) is 48.5 Å². The third kappa shape index (κ3) is 3.67. The molecule has 1 unspecified atom stereocenters. The minimum atomic E-state index is -3.38. The van der Waals surface area contributed by atoms with Gasteiger partial charge in [-0.2, -0.15) is 0 Å². The zero-order valence-corrected chi connectivity index (χ0v) is 13.9. The van der Waals surface area contributed by atoms with Crippen LogP contribution < -0.4 is 5.30 Å². The van der Waals surface area contributed by atoms with E-state index in [9.17, 15) is 9.67 Å². The smallest absolute Gasteiger partial charge is 0.306 e. The summed E-state index contributed by atoms with van der Waals surface area (Å²) in [5.74, 6) is 3.30. The van der Waals surface area contributed by atoms with E-state index in [2.05, 4.69) is 11.6 Å². The molecule has 118 valence electrons. The molecule has 2 aromatic carbocycles. The number of rotatable bonds is 4. The summed E-state index contributed by atoms with van der Waals surface area (Å²) < 4.78 is 18.7. The molecule has 3 rings (SSSR count). The van der Waals surface area contributed by atoms with E-state index < -0.39 is 7.37 Å². The summed E-state index contributed by atoms with van der Waals surface area (Å²) in [6, 6.07) is 14.9. The molecule has 0 radical (unpaired) electrons. The fourth-order valence-corrected chi connectivity index (χ4v) is 4.04. The van der Waals surface area contributed by atoms with E-state index in [-0.39, 0.29) is 17.7 Å². The van der Waals surface area contributed by atoms with Crippen LogP contribution in [0.4, 0.5) is 0 Å². The summed E-state index contributed by atoms with van der Waals surface area (Å²) in [4.78, 5) is 0. The summed E-state index contributed by atoms with van der Waals surface area (Å²) in [5.41, 5.74) is 4.69. The van der Waals surface area contributed by atoms with Gasteiger partial charge in [0.2, 0.25) is 0 Å². The molecule has 1 N–H and O–H groups in total. The van der Waals surface area contributed by atoms with E-state index in [0.717, 1.165) is 24.0 Å². The number of hydrogen-bond acceptors (Lipinski definition) is 3. The van der Waals surface area contributed by atoms with Crippen molar-refractivity contribution in [2.45, 2.75) is 19.8 Å². The highest BCUT2D eigenvalue weighted by Gasteiger charge is 2.28.